The van der Waals surface area contributed by atoms with E-state index in [-0.39, 0.29) is 12.5 Å². The molecule has 0 atom stereocenters. The Hall–Kier alpha value is -1.31. The molecule has 7 heteroatoms. The summed E-state index contributed by atoms with van der Waals surface area (Å²) >= 11 is 0. The third-order valence-corrected chi connectivity index (χ3v) is 3.08. The second-order valence-corrected chi connectivity index (χ2v) is 5.05. The van der Waals surface area contributed by atoms with E-state index >= 15 is 0 Å². The minimum Gasteiger partial charge on any atom is -0.401 e. The molecule has 0 bridgehead atoms. The van der Waals surface area contributed by atoms with Gasteiger partial charge in [-0.25, -0.2) is 5.84 Å². The number of nitrogens with one attached hydrogen (secondary N) is 1. The minimum atomic E-state index is -0.121. The van der Waals surface area contributed by atoms with Crippen LogP contribution in [0.3, 0.4) is 0 Å². The molecule has 0 fully saturated rings. The molecule has 0 heterocycles. The zero-order valence-corrected chi connectivity index (χ0v) is 14.0. The topological polar surface area (TPSA) is 103 Å². The molecule has 0 saturated carbocycles. The number of ether oxygens (including phenoxy) is 2. The summed E-state index contributed by atoms with van der Waals surface area (Å²) in [5.41, 5.74) is 6.51. The van der Waals surface area contributed by atoms with Crippen molar-refractivity contribution in [3.8, 4) is 0 Å². The molecule has 130 valence electrons. The molecule has 0 radical (unpaired) electrons. The number of likely N-dealkylation sites (N-methyl/N-ethyl adjacent to an activating group) is 1. The molecule has 1 amide bonds. The predicted molar refractivity (Wildman–Crippen MR) is 87.6 cm³/mol. The minimum absolute atomic E-state index is 0.0897. The lowest BCUT2D eigenvalue weighted by Crippen LogP contribution is -2.27. The third kappa shape index (κ3) is 13.7. The Balaban J connectivity index is 3.25. The van der Waals surface area contributed by atoms with Gasteiger partial charge in [0.15, 0.2) is 0 Å². The zero-order valence-electron chi connectivity index (χ0n) is 14.0. The van der Waals surface area contributed by atoms with Gasteiger partial charge in [-0.2, -0.15) is 0 Å². The molecule has 0 unspecified atom stereocenters. The van der Waals surface area contributed by atoms with Gasteiger partial charge in [-0.1, -0.05) is 19.8 Å². The van der Waals surface area contributed by atoms with E-state index in [4.69, 9.17) is 21.1 Å². The first-order chi connectivity index (χ1) is 10.6. The van der Waals surface area contributed by atoms with Gasteiger partial charge in [0.1, 0.15) is 6.61 Å². The van der Waals surface area contributed by atoms with Crippen molar-refractivity contribution < 1.29 is 14.3 Å². The normalized spacial score (nSPS) is 11.5. The molecular weight excluding hydrogens is 284 g/mol. The highest BCUT2D eigenvalue weighted by Gasteiger charge is 1.98. The Morgan fingerprint density at radius 2 is 1.82 bits per heavy atom. The summed E-state index contributed by atoms with van der Waals surface area (Å²) in [6, 6.07) is 0. The van der Waals surface area contributed by atoms with Crippen molar-refractivity contribution in [1.82, 2.24) is 10.3 Å². The quantitative estimate of drug-likeness (QED) is 0.248. The lowest BCUT2D eigenvalue weighted by molar-refractivity contribution is -0.125. The third-order valence-electron chi connectivity index (χ3n) is 3.08. The molecular formula is C15H32N4O3. The van der Waals surface area contributed by atoms with Crippen molar-refractivity contribution in [2.24, 2.45) is 11.6 Å². The van der Waals surface area contributed by atoms with E-state index in [0.29, 0.717) is 13.2 Å². The van der Waals surface area contributed by atoms with Crippen molar-refractivity contribution in [3.63, 3.8) is 0 Å². The molecule has 0 rings (SSSR count). The number of nitrogens with two attached hydrogens (primary N) is 2. The number of hydrazine groups is 1. The fourth-order valence-corrected chi connectivity index (χ4v) is 1.68. The van der Waals surface area contributed by atoms with Crippen LogP contribution in [-0.2, 0) is 14.3 Å². The van der Waals surface area contributed by atoms with Gasteiger partial charge in [0.05, 0.1) is 13.2 Å². The SMILES string of the molecule is CC/C(N)=C/N(N)CCCCCCOCCOCC(=O)NC. The molecule has 22 heavy (non-hydrogen) atoms. The van der Waals surface area contributed by atoms with Crippen molar-refractivity contribution in [3.05, 3.63) is 11.9 Å². The molecule has 0 aromatic carbocycles. The second kappa shape index (κ2) is 14.6. The number of rotatable bonds is 14. The average Bonchev–Trinajstić information content (AvgIpc) is 2.51. The summed E-state index contributed by atoms with van der Waals surface area (Å²) in [4.78, 5) is 10.9. The standard InChI is InChI=1S/C15H32N4O3/c1-3-14(16)12-19(17)8-6-4-5-7-9-21-10-11-22-13-15(20)18-2/h12H,3-11,13,16-17H2,1-2H3,(H,18,20)/b14-12-. The van der Waals surface area contributed by atoms with Gasteiger partial charge in [0.25, 0.3) is 0 Å². The average molecular weight is 316 g/mol. The first-order valence-corrected chi connectivity index (χ1v) is 7.93. The highest BCUT2D eigenvalue weighted by molar-refractivity contribution is 5.76. The van der Waals surface area contributed by atoms with Crippen molar-refractivity contribution in [1.29, 1.82) is 0 Å². The summed E-state index contributed by atoms with van der Waals surface area (Å²) in [6.07, 6.45) is 6.90. The fourth-order valence-electron chi connectivity index (χ4n) is 1.68. The van der Waals surface area contributed by atoms with E-state index in [0.717, 1.165) is 51.0 Å². The lowest BCUT2D eigenvalue weighted by atomic mass is 10.2. The number of unbranched alkanes of at least 4 members (excludes halogenated alkanes) is 3. The molecule has 0 aromatic rings. The Morgan fingerprint density at radius 1 is 1.14 bits per heavy atom. The summed E-state index contributed by atoms with van der Waals surface area (Å²) in [5, 5.41) is 4.14. The number of carbonyl (C=O) groups is 1. The highest BCUT2D eigenvalue weighted by atomic mass is 16.5. The summed E-state index contributed by atoms with van der Waals surface area (Å²) < 4.78 is 10.6. The molecule has 0 spiro atoms. The molecule has 5 N–H and O–H groups in total. The van der Waals surface area contributed by atoms with Crippen LogP contribution in [0, 0.1) is 0 Å². The van der Waals surface area contributed by atoms with Crippen molar-refractivity contribution in [2.45, 2.75) is 39.0 Å². The van der Waals surface area contributed by atoms with Gasteiger partial charge in [0, 0.05) is 32.1 Å². The summed E-state index contributed by atoms with van der Waals surface area (Å²) in [5.74, 6) is 5.68. The van der Waals surface area contributed by atoms with Crippen LogP contribution >= 0.6 is 0 Å². The van der Waals surface area contributed by atoms with Gasteiger partial charge in [-0.3, -0.25) is 4.79 Å². The number of nitrogens with zero attached hydrogens (tertiary/aromatic N) is 1. The lowest BCUT2D eigenvalue weighted by Gasteiger charge is -2.14. The molecule has 0 aliphatic rings. The number of allylic oxidation sites excluding steroid dienone is 1. The Kier molecular flexibility index (Phi) is 13.7. The van der Waals surface area contributed by atoms with E-state index in [1.807, 2.05) is 6.92 Å². The molecule has 7 nitrogen and oxygen atoms in total. The summed E-state index contributed by atoms with van der Waals surface area (Å²) in [7, 11) is 1.58. The zero-order chi connectivity index (χ0) is 16.6. The Morgan fingerprint density at radius 3 is 2.50 bits per heavy atom. The Bertz CT molecular complexity index is 311. The molecule has 0 aromatic heterocycles. The van der Waals surface area contributed by atoms with E-state index in [1.165, 1.54) is 0 Å². The number of carbonyl (C=O) groups excluding carboxylic acids is 1. The monoisotopic (exact) mass is 316 g/mol. The predicted octanol–water partition coefficient (Wildman–Crippen LogP) is 0.712. The van der Waals surface area contributed by atoms with E-state index in [1.54, 1.807) is 18.3 Å². The van der Waals surface area contributed by atoms with Crippen LogP contribution in [0.2, 0.25) is 0 Å². The molecule has 0 saturated heterocycles. The van der Waals surface area contributed by atoms with Crippen LogP contribution in [0.1, 0.15) is 39.0 Å². The van der Waals surface area contributed by atoms with Crippen LogP contribution in [-0.4, -0.2) is 50.9 Å². The van der Waals surface area contributed by atoms with Crippen LogP contribution in [0.15, 0.2) is 11.9 Å². The first kappa shape index (κ1) is 20.7. The van der Waals surface area contributed by atoms with Gasteiger partial charge in [-0.05, 0) is 19.3 Å². The highest BCUT2D eigenvalue weighted by Crippen LogP contribution is 2.02. The largest absolute Gasteiger partial charge is 0.401 e. The van der Waals surface area contributed by atoms with Gasteiger partial charge >= 0.3 is 0 Å². The van der Waals surface area contributed by atoms with Crippen LogP contribution in [0.4, 0.5) is 0 Å². The van der Waals surface area contributed by atoms with Crippen molar-refractivity contribution in [2.75, 3.05) is 40.0 Å². The van der Waals surface area contributed by atoms with Crippen LogP contribution < -0.4 is 16.9 Å². The second-order valence-electron chi connectivity index (χ2n) is 5.05. The van der Waals surface area contributed by atoms with Crippen LogP contribution in [0.25, 0.3) is 0 Å². The molecule has 0 aliphatic carbocycles. The van der Waals surface area contributed by atoms with E-state index < -0.39 is 0 Å². The maximum absolute atomic E-state index is 10.9. The fraction of sp³-hybridized carbons (Fsp3) is 0.800. The van der Waals surface area contributed by atoms with E-state index in [2.05, 4.69) is 5.32 Å². The number of hydrogen-bond donors (Lipinski definition) is 3. The van der Waals surface area contributed by atoms with Gasteiger partial charge in [0.2, 0.25) is 5.91 Å². The number of amides is 1. The first-order valence-electron chi connectivity index (χ1n) is 7.93. The van der Waals surface area contributed by atoms with Gasteiger partial charge < -0.3 is 25.5 Å². The van der Waals surface area contributed by atoms with Crippen LogP contribution in [0.5, 0.6) is 0 Å². The summed E-state index contributed by atoms with van der Waals surface area (Å²) in [6.45, 7) is 4.60. The smallest absolute Gasteiger partial charge is 0.245 e. The van der Waals surface area contributed by atoms with Gasteiger partial charge in [-0.15, -0.1) is 0 Å². The maximum atomic E-state index is 10.9. The Labute approximate surface area is 134 Å². The maximum Gasteiger partial charge on any atom is 0.245 e. The molecule has 0 aliphatic heterocycles. The van der Waals surface area contributed by atoms with E-state index in [9.17, 15) is 4.79 Å². The van der Waals surface area contributed by atoms with Crippen molar-refractivity contribution >= 4 is 5.91 Å². The number of hydrogen-bond acceptors (Lipinski definition) is 6.